The van der Waals surface area contributed by atoms with Gasteiger partial charge >= 0.3 is 0 Å². The molecule has 7 nitrogen and oxygen atoms in total. The highest BCUT2D eigenvalue weighted by molar-refractivity contribution is 5.95. The van der Waals surface area contributed by atoms with Gasteiger partial charge in [0.2, 0.25) is 0 Å². The molecule has 178 valence electrons. The lowest BCUT2D eigenvalue weighted by molar-refractivity contribution is 0.0939. The lowest BCUT2D eigenvalue weighted by atomic mass is 10.1. The van der Waals surface area contributed by atoms with Crippen molar-refractivity contribution in [1.82, 2.24) is 10.3 Å². The number of morpholine rings is 1. The third-order valence-corrected chi connectivity index (χ3v) is 5.74. The van der Waals surface area contributed by atoms with E-state index in [1.54, 1.807) is 30.6 Å². The molecular weight excluding hydrogens is 430 g/mol. The van der Waals surface area contributed by atoms with Crippen molar-refractivity contribution in [2.75, 3.05) is 37.8 Å². The molecule has 1 saturated heterocycles. The first-order chi connectivity index (χ1) is 16.6. The lowest BCUT2D eigenvalue weighted by Gasteiger charge is -2.29. The van der Waals surface area contributed by atoms with Gasteiger partial charge in [-0.05, 0) is 55.8 Å². The number of benzene rings is 2. The van der Waals surface area contributed by atoms with Gasteiger partial charge in [0, 0.05) is 42.3 Å². The first kappa shape index (κ1) is 23.6. The molecule has 7 heteroatoms. The number of carbonyl (C=O) groups is 1. The molecule has 1 unspecified atom stereocenters. The minimum Gasteiger partial charge on any atom is -0.490 e. The van der Waals surface area contributed by atoms with Gasteiger partial charge in [0.25, 0.3) is 5.91 Å². The number of nitrogens with one attached hydrogen (secondary N) is 1. The quantitative estimate of drug-likeness (QED) is 0.510. The molecular formula is C27H31N3O4. The van der Waals surface area contributed by atoms with Crippen LogP contribution in [-0.4, -0.2) is 43.8 Å². The number of aromatic nitrogens is 1. The molecule has 1 aromatic heterocycles. The summed E-state index contributed by atoms with van der Waals surface area (Å²) in [6, 6.07) is 17.3. The lowest BCUT2D eigenvalue weighted by Crippen LogP contribution is -2.36. The van der Waals surface area contributed by atoms with Crippen molar-refractivity contribution in [3.05, 3.63) is 83.7 Å². The number of hydrogen-bond donors (Lipinski definition) is 1. The fraction of sp³-hybridized carbons (Fsp3) is 0.333. The third kappa shape index (κ3) is 6.05. The van der Waals surface area contributed by atoms with Crippen molar-refractivity contribution in [2.24, 2.45) is 0 Å². The van der Waals surface area contributed by atoms with Gasteiger partial charge in [-0.1, -0.05) is 18.2 Å². The number of amides is 1. The maximum absolute atomic E-state index is 13.0. The molecule has 1 aliphatic rings. The fourth-order valence-corrected chi connectivity index (χ4v) is 3.84. The Balaban J connectivity index is 1.39. The van der Waals surface area contributed by atoms with Crippen LogP contribution in [0.25, 0.3) is 0 Å². The van der Waals surface area contributed by atoms with E-state index in [-0.39, 0.29) is 11.9 Å². The highest BCUT2D eigenvalue weighted by Gasteiger charge is 2.16. The topological polar surface area (TPSA) is 72.9 Å². The molecule has 2 heterocycles. The van der Waals surface area contributed by atoms with Crippen molar-refractivity contribution in [2.45, 2.75) is 26.5 Å². The fourth-order valence-electron chi connectivity index (χ4n) is 3.84. The summed E-state index contributed by atoms with van der Waals surface area (Å²) in [4.78, 5) is 19.4. The van der Waals surface area contributed by atoms with E-state index in [9.17, 15) is 4.79 Å². The van der Waals surface area contributed by atoms with Crippen LogP contribution in [0.15, 0.2) is 67.0 Å². The van der Waals surface area contributed by atoms with Crippen molar-refractivity contribution in [1.29, 1.82) is 0 Å². The molecule has 0 saturated carbocycles. The molecule has 3 aromatic rings. The van der Waals surface area contributed by atoms with Gasteiger partial charge in [0.05, 0.1) is 25.9 Å². The molecule has 0 aliphatic carbocycles. The van der Waals surface area contributed by atoms with Gasteiger partial charge < -0.3 is 24.4 Å². The van der Waals surface area contributed by atoms with Gasteiger partial charge in [-0.3, -0.25) is 9.78 Å². The van der Waals surface area contributed by atoms with Crippen molar-refractivity contribution < 1.29 is 19.0 Å². The van der Waals surface area contributed by atoms with E-state index in [0.29, 0.717) is 30.3 Å². The average Bonchev–Trinajstić information content (AvgIpc) is 2.89. The van der Waals surface area contributed by atoms with E-state index in [4.69, 9.17) is 14.2 Å². The van der Waals surface area contributed by atoms with Gasteiger partial charge in [0.1, 0.15) is 6.61 Å². The molecule has 1 N–H and O–H groups in total. The van der Waals surface area contributed by atoms with Crippen LogP contribution in [0.1, 0.15) is 41.4 Å². The maximum Gasteiger partial charge on any atom is 0.251 e. The Morgan fingerprint density at radius 3 is 2.59 bits per heavy atom. The Morgan fingerprint density at radius 1 is 1.09 bits per heavy atom. The molecule has 0 radical (unpaired) electrons. The molecule has 1 aliphatic heterocycles. The Labute approximate surface area is 200 Å². The minimum atomic E-state index is -0.162. The summed E-state index contributed by atoms with van der Waals surface area (Å²) >= 11 is 0. The van der Waals surface area contributed by atoms with Gasteiger partial charge in [-0.2, -0.15) is 0 Å². The van der Waals surface area contributed by atoms with Gasteiger partial charge in [0.15, 0.2) is 11.5 Å². The number of nitrogens with zero attached hydrogens (tertiary/aromatic N) is 2. The van der Waals surface area contributed by atoms with E-state index in [2.05, 4.69) is 39.5 Å². The number of pyridine rings is 1. The summed E-state index contributed by atoms with van der Waals surface area (Å²) in [6.45, 7) is 8.04. The minimum absolute atomic E-state index is 0.136. The molecule has 0 bridgehead atoms. The normalized spacial score (nSPS) is 14.4. The number of carbonyl (C=O) groups excluding carboxylic acids is 1. The third-order valence-electron chi connectivity index (χ3n) is 5.74. The summed E-state index contributed by atoms with van der Waals surface area (Å²) in [5.41, 5.74) is 3.70. The first-order valence-electron chi connectivity index (χ1n) is 11.7. The van der Waals surface area contributed by atoms with Crippen LogP contribution in [-0.2, 0) is 11.3 Å². The summed E-state index contributed by atoms with van der Waals surface area (Å²) < 4.78 is 17.1. The van der Waals surface area contributed by atoms with Gasteiger partial charge in [-0.15, -0.1) is 0 Å². The van der Waals surface area contributed by atoms with Crippen molar-refractivity contribution >= 4 is 11.6 Å². The highest BCUT2D eigenvalue weighted by atomic mass is 16.5. The van der Waals surface area contributed by atoms with Crippen LogP contribution in [0.3, 0.4) is 0 Å². The SMILES string of the molecule is CCOc1cc(C(=O)NC(C)c2ccc(N3CCOCC3)cc2)ccc1OCc1cccnc1. The second kappa shape index (κ2) is 11.5. The van der Waals surface area contributed by atoms with E-state index in [0.717, 1.165) is 37.4 Å². The Hall–Kier alpha value is -3.58. The molecule has 34 heavy (non-hydrogen) atoms. The summed E-state index contributed by atoms with van der Waals surface area (Å²) in [6.07, 6.45) is 3.49. The summed E-state index contributed by atoms with van der Waals surface area (Å²) in [5.74, 6) is 0.972. The van der Waals surface area contributed by atoms with E-state index in [1.807, 2.05) is 26.0 Å². The number of rotatable bonds is 9. The zero-order chi connectivity index (χ0) is 23.8. The van der Waals surface area contributed by atoms with Crippen LogP contribution in [0.5, 0.6) is 11.5 Å². The van der Waals surface area contributed by atoms with Crippen LogP contribution < -0.4 is 19.7 Å². The molecule has 1 amide bonds. The highest BCUT2D eigenvalue weighted by Crippen LogP contribution is 2.30. The Bertz CT molecular complexity index is 1070. The Morgan fingerprint density at radius 2 is 1.88 bits per heavy atom. The molecule has 4 rings (SSSR count). The summed E-state index contributed by atoms with van der Waals surface area (Å²) in [7, 11) is 0. The monoisotopic (exact) mass is 461 g/mol. The maximum atomic E-state index is 13.0. The Kier molecular flexibility index (Phi) is 7.99. The zero-order valence-corrected chi connectivity index (χ0v) is 19.7. The molecule has 1 fully saturated rings. The zero-order valence-electron chi connectivity index (χ0n) is 19.7. The van der Waals surface area contributed by atoms with Crippen LogP contribution in [0, 0.1) is 0 Å². The molecule has 2 aromatic carbocycles. The average molecular weight is 462 g/mol. The van der Waals surface area contributed by atoms with Crippen molar-refractivity contribution in [3.8, 4) is 11.5 Å². The van der Waals surface area contributed by atoms with E-state index < -0.39 is 0 Å². The second-order valence-corrected chi connectivity index (χ2v) is 8.13. The predicted molar refractivity (Wildman–Crippen MR) is 132 cm³/mol. The molecule has 1 atom stereocenters. The number of hydrogen-bond acceptors (Lipinski definition) is 6. The first-order valence-corrected chi connectivity index (χ1v) is 11.7. The van der Waals surface area contributed by atoms with E-state index in [1.165, 1.54) is 5.69 Å². The van der Waals surface area contributed by atoms with E-state index >= 15 is 0 Å². The number of ether oxygens (including phenoxy) is 3. The standard InChI is InChI=1S/C27H31N3O4/c1-3-33-26-17-23(8-11-25(26)34-19-21-5-4-12-28-18-21)27(31)29-20(2)22-6-9-24(10-7-22)30-13-15-32-16-14-30/h4-12,17-18,20H,3,13-16,19H2,1-2H3,(H,29,31). The predicted octanol–water partition coefficient (Wildman–Crippen LogP) is 4.39. The number of anilines is 1. The second-order valence-electron chi connectivity index (χ2n) is 8.13. The largest absolute Gasteiger partial charge is 0.490 e. The smallest absolute Gasteiger partial charge is 0.251 e. The van der Waals surface area contributed by atoms with Crippen LogP contribution >= 0.6 is 0 Å². The van der Waals surface area contributed by atoms with Crippen LogP contribution in [0.4, 0.5) is 5.69 Å². The summed E-state index contributed by atoms with van der Waals surface area (Å²) in [5, 5.41) is 3.08. The van der Waals surface area contributed by atoms with Crippen molar-refractivity contribution in [3.63, 3.8) is 0 Å². The molecule has 0 spiro atoms. The van der Waals surface area contributed by atoms with Crippen LogP contribution in [0.2, 0.25) is 0 Å². The van der Waals surface area contributed by atoms with Gasteiger partial charge in [-0.25, -0.2) is 0 Å².